The molecule has 0 saturated heterocycles. The van der Waals surface area contributed by atoms with Crippen LogP contribution in [0.25, 0.3) is 22.5 Å². The van der Waals surface area contributed by atoms with Gasteiger partial charge in [0.15, 0.2) is 5.82 Å². The van der Waals surface area contributed by atoms with E-state index in [1.807, 2.05) is 87.5 Å². The quantitative estimate of drug-likeness (QED) is 0.173. The third kappa shape index (κ3) is 6.32. The highest BCUT2D eigenvalue weighted by Crippen LogP contribution is 2.23. The number of thiazole rings is 1. The van der Waals surface area contributed by atoms with Crippen molar-refractivity contribution in [3.05, 3.63) is 110 Å². The van der Waals surface area contributed by atoms with Crippen molar-refractivity contribution in [2.45, 2.75) is 26.8 Å². The maximum Gasteiger partial charge on any atom is 0.264 e. The fourth-order valence-electron chi connectivity index (χ4n) is 4.21. The van der Waals surface area contributed by atoms with Crippen LogP contribution < -0.4 is 16.6 Å². The minimum Gasteiger partial charge on any atom is -0.382 e. The van der Waals surface area contributed by atoms with Gasteiger partial charge in [0.25, 0.3) is 5.56 Å². The zero-order chi connectivity index (χ0) is 29.4. The summed E-state index contributed by atoms with van der Waals surface area (Å²) in [6, 6.07) is 16.6. The number of carbonyl (C=O) groups is 1. The van der Waals surface area contributed by atoms with E-state index in [1.54, 1.807) is 21.0 Å². The summed E-state index contributed by atoms with van der Waals surface area (Å²) in [6.45, 7) is 9.04. The molecule has 41 heavy (non-hydrogen) atoms. The molecule has 206 valence electrons. The second-order valence-electron chi connectivity index (χ2n) is 8.83. The van der Waals surface area contributed by atoms with Gasteiger partial charge in [-0.25, -0.2) is 9.66 Å². The fraction of sp³-hybridized carbons (Fsp3) is 0.129. The Bertz CT molecular complexity index is 1830. The summed E-state index contributed by atoms with van der Waals surface area (Å²) < 4.78 is 3.25. The number of nitrogens with zero attached hydrogens (tertiary/aromatic N) is 5. The number of fused-ring (bicyclic) bond motifs is 1. The Hall–Kier alpha value is -5.27. The summed E-state index contributed by atoms with van der Waals surface area (Å²) >= 11 is 1.45. The number of pyridine rings is 1. The molecule has 5 aromatic rings. The molecule has 5 rings (SSSR count). The number of para-hydroxylation sites is 1. The first-order valence-electron chi connectivity index (χ1n) is 12.7. The number of nitrogens with one attached hydrogen (secondary N) is 1. The number of rotatable bonds is 6. The predicted molar refractivity (Wildman–Crippen MR) is 166 cm³/mol. The first kappa shape index (κ1) is 28.7. The van der Waals surface area contributed by atoms with E-state index >= 15 is 0 Å². The highest BCUT2D eigenvalue weighted by Gasteiger charge is 2.17. The second kappa shape index (κ2) is 13.2. The number of amides is 1. The van der Waals surface area contributed by atoms with Crippen molar-refractivity contribution in [1.82, 2.24) is 24.5 Å². The number of benzene rings is 2. The van der Waals surface area contributed by atoms with Gasteiger partial charge in [0, 0.05) is 23.7 Å². The van der Waals surface area contributed by atoms with E-state index in [9.17, 15) is 9.59 Å². The monoisotopic (exact) mass is 563 g/mol. The summed E-state index contributed by atoms with van der Waals surface area (Å²) in [5.74, 6) is 7.40. The van der Waals surface area contributed by atoms with Crippen LogP contribution in [0, 0.1) is 18.8 Å². The molecule has 0 radical (unpaired) electrons. The van der Waals surface area contributed by atoms with Gasteiger partial charge in [-0.1, -0.05) is 42.3 Å². The van der Waals surface area contributed by atoms with Crippen LogP contribution in [0.5, 0.6) is 0 Å². The number of imidazole rings is 1. The van der Waals surface area contributed by atoms with E-state index in [0.29, 0.717) is 34.7 Å². The predicted octanol–water partition coefficient (Wildman–Crippen LogP) is 4.92. The number of anilines is 1. The van der Waals surface area contributed by atoms with E-state index < -0.39 is 0 Å². The Morgan fingerprint density at radius 3 is 2.61 bits per heavy atom. The molecule has 0 saturated carbocycles. The third-order valence-electron chi connectivity index (χ3n) is 6.20. The lowest BCUT2D eigenvalue weighted by molar-refractivity contribution is -0.110. The van der Waals surface area contributed by atoms with Gasteiger partial charge in [0.05, 0.1) is 33.7 Å². The molecule has 3 heterocycles. The summed E-state index contributed by atoms with van der Waals surface area (Å²) in [6.07, 6.45) is 6.06. The number of carbonyl (C=O) groups excluding carboxylic acids is 1. The smallest absolute Gasteiger partial charge is 0.264 e. The van der Waals surface area contributed by atoms with E-state index in [4.69, 9.17) is 5.73 Å². The standard InChI is InChI=1S/C23H17N3O2S.C8H12N4/c1-16(25-14-27)21-12-18-7-5-6-17(10-11-20-13-24-15-29-20)22(18)23(28)26(21)19-8-3-2-4-9-19;1-4-5-7-11-8(9)6(2)12(7)10-3/h2-9,12-16H,1H3,(H,25,27);4-5H,3,9H2,1-2H3/b;5-4-. The van der Waals surface area contributed by atoms with Gasteiger partial charge in [0.1, 0.15) is 5.82 Å². The summed E-state index contributed by atoms with van der Waals surface area (Å²) in [5, 5.41) is 7.87. The molecule has 9 nitrogen and oxygen atoms in total. The van der Waals surface area contributed by atoms with Crippen LogP contribution in [0.4, 0.5) is 5.82 Å². The van der Waals surface area contributed by atoms with Crippen molar-refractivity contribution >= 4 is 47.1 Å². The molecule has 0 fully saturated rings. The molecule has 1 amide bonds. The molecule has 3 N–H and O–H groups in total. The Kier molecular flexibility index (Phi) is 9.24. The number of allylic oxidation sites excluding steroid dienone is 1. The first-order chi connectivity index (χ1) is 19.9. The molecule has 3 aromatic heterocycles. The van der Waals surface area contributed by atoms with Crippen LogP contribution in [-0.4, -0.2) is 32.3 Å². The number of nitrogens with two attached hydrogens (primary N) is 1. The summed E-state index contributed by atoms with van der Waals surface area (Å²) in [5.41, 5.74) is 10.1. The summed E-state index contributed by atoms with van der Waals surface area (Å²) in [4.78, 5) is 33.6. The van der Waals surface area contributed by atoms with Gasteiger partial charge in [-0.15, -0.1) is 11.3 Å². The van der Waals surface area contributed by atoms with E-state index in [2.05, 4.69) is 38.9 Å². The summed E-state index contributed by atoms with van der Waals surface area (Å²) in [7, 11) is 0. The Morgan fingerprint density at radius 1 is 1.17 bits per heavy atom. The lowest BCUT2D eigenvalue weighted by Gasteiger charge is -2.19. The number of nitrogen functional groups attached to an aromatic ring is 1. The first-order valence-corrected chi connectivity index (χ1v) is 13.6. The van der Waals surface area contributed by atoms with Crippen molar-refractivity contribution < 1.29 is 4.79 Å². The molecular formula is C31H29N7O2S. The largest absolute Gasteiger partial charge is 0.382 e. The van der Waals surface area contributed by atoms with Crippen LogP contribution in [0.2, 0.25) is 0 Å². The molecular weight excluding hydrogens is 534 g/mol. The van der Waals surface area contributed by atoms with Gasteiger partial charge >= 0.3 is 0 Å². The molecule has 2 aromatic carbocycles. The molecule has 0 aliphatic rings. The highest BCUT2D eigenvalue weighted by atomic mass is 32.1. The fourth-order valence-corrected chi connectivity index (χ4v) is 4.68. The second-order valence-corrected chi connectivity index (χ2v) is 9.72. The number of hydrogen-bond donors (Lipinski definition) is 2. The third-order valence-corrected chi connectivity index (χ3v) is 6.89. The number of aromatic nitrogens is 4. The zero-order valence-corrected chi connectivity index (χ0v) is 23.7. The highest BCUT2D eigenvalue weighted by molar-refractivity contribution is 7.10. The van der Waals surface area contributed by atoms with E-state index in [0.717, 1.165) is 21.6 Å². The Morgan fingerprint density at radius 2 is 1.95 bits per heavy atom. The minimum absolute atomic E-state index is 0.169. The molecule has 0 bridgehead atoms. The SMILES string of the molecule is C=Nn1c(/C=C\C)nc(N)c1C.CC(NC=O)c1cc2cccc(C#Cc3cncs3)c2c(=O)n1-c1ccccc1. The average molecular weight is 564 g/mol. The maximum absolute atomic E-state index is 13.6. The molecule has 1 atom stereocenters. The normalized spacial score (nSPS) is 11.3. The Labute approximate surface area is 241 Å². The van der Waals surface area contributed by atoms with Crippen LogP contribution in [0.15, 0.2) is 82.3 Å². The number of hydrogen-bond acceptors (Lipinski definition) is 7. The molecule has 0 spiro atoms. The van der Waals surface area contributed by atoms with Crippen molar-refractivity contribution in [3.8, 4) is 17.5 Å². The van der Waals surface area contributed by atoms with Crippen molar-refractivity contribution in [1.29, 1.82) is 0 Å². The average Bonchev–Trinajstić information content (AvgIpc) is 3.60. The topological polar surface area (TPSA) is 120 Å². The molecule has 0 aliphatic heterocycles. The van der Waals surface area contributed by atoms with Crippen molar-refractivity contribution in [2.24, 2.45) is 5.10 Å². The van der Waals surface area contributed by atoms with Crippen LogP contribution in [-0.2, 0) is 4.79 Å². The van der Waals surface area contributed by atoms with E-state index in [1.165, 1.54) is 11.3 Å². The lowest BCUT2D eigenvalue weighted by Crippen LogP contribution is -2.28. The molecule has 10 heteroatoms. The molecule has 0 aliphatic carbocycles. The van der Waals surface area contributed by atoms with Crippen LogP contribution in [0.3, 0.4) is 0 Å². The maximum atomic E-state index is 13.6. The van der Waals surface area contributed by atoms with Crippen molar-refractivity contribution in [3.63, 3.8) is 0 Å². The lowest BCUT2D eigenvalue weighted by atomic mass is 10.0. The minimum atomic E-state index is -0.336. The van der Waals surface area contributed by atoms with E-state index in [-0.39, 0.29) is 11.6 Å². The van der Waals surface area contributed by atoms with Crippen LogP contribution in [0.1, 0.15) is 47.5 Å². The van der Waals surface area contributed by atoms with Gasteiger partial charge in [-0.3, -0.25) is 19.1 Å². The molecule has 1 unspecified atom stereocenters. The van der Waals surface area contributed by atoms with Gasteiger partial charge in [0.2, 0.25) is 6.41 Å². The van der Waals surface area contributed by atoms with Gasteiger partial charge < -0.3 is 11.1 Å². The van der Waals surface area contributed by atoms with Gasteiger partial charge in [-0.05, 0) is 62.4 Å². The van der Waals surface area contributed by atoms with Crippen molar-refractivity contribution in [2.75, 3.05) is 5.73 Å². The van der Waals surface area contributed by atoms with Gasteiger partial charge in [-0.2, -0.15) is 5.10 Å². The Balaban J connectivity index is 0.000000271. The zero-order valence-electron chi connectivity index (χ0n) is 22.9. The van der Waals surface area contributed by atoms with Crippen LogP contribution >= 0.6 is 11.3 Å².